The number of anilines is 2. The van der Waals surface area contributed by atoms with E-state index in [0.717, 1.165) is 17.0 Å². The summed E-state index contributed by atoms with van der Waals surface area (Å²) in [5.74, 6) is -4.04. The molecule has 2 N–H and O–H groups in total. The van der Waals surface area contributed by atoms with Gasteiger partial charge in [0.15, 0.2) is 17.9 Å². The van der Waals surface area contributed by atoms with Gasteiger partial charge in [-0.25, -0.2) is 18.0 Å². The first kappa shape index (κ1) is 19.3. The lowest BCUT2D eigenvalue weighted by Gasteiger charge is -2.39. The van der Waals surface area contributed by atoms with E-state index < -0.39 is 41.4 Å². The van der Waals surface area contributed by atoms with Crippen molar-refractivity contribution >= 4 is 46.0 Å². The number of ether oxygens (including phenoxy) is 1. The van der Waals surface area contributed by atoms with Gasteiger partial charge in [-0.1, -0.05) is 0 Å². The van der Waals surface area contributed by atoms with Crippen molar-refractivity contribution in [1.82, 2.24) is 4.90 Å². The molecule has 0 radical (unpaired) electrons. The summed E-state index contributed by atoms with van der Waals surface area (Å²) in [6, 6.07) is 5.88. The van der Waals surface area contributed by atoms with Gasteiger partial charge in [0.05, 0.1) is 16.9 Å². The lowest BCUT2D eigenvalue weighted by molar-refractivity contribution is -0.0749. The summed E-state index contributed by atoms with van der Waals surface area (Å²) in [6.07, 6.45) is -2.27. The van der Waals surface area contributed by atoms with Gasteiger partial charge in [0.25, 0.3) is 5.91 Å². The van der Waals surface area contributed by atoms with Gasteiger partial charge in [0.2, 0.25) is 0 Å². The maximum atomic E-state index is 14.4. The summed E-state index contributed by atoms with van der Waals surface area (Å²) >= 11 is 1.89. The van der Waals surface area contributed by atoms with E-state index in [9.17, 15) is 22.8 Å². The van der Waals surface area contributed by atoms with Gasteiger partial charge in [-0.15, -0.1) is 0 Å². The Kier molecular flexibility index (Phi) is 5.44. The van der Waals surface area contributed by atoms with Gasteiger partial charge >= 0.3 is 6.16 Å². The van der Waals surface area contributed by atoms with Crippen LogP contribution in [0, 0.1) is 21.0 Å². The third-order valence-corrected chi connectivity index (χ3v) is 4.65. The summed E-state index contributed by atoms with van der Waals surface area (Å²) < 4.78 is 47.3. The van der Waals surface area contributed by atoms with Gasteiger partial charge in [-0.3, -0.25) is 4.79 Å². The van der Waals surface area contributed by atoms with E-state index in [4.69, 9.17) is 5.11 Å². The molecule has 1 atom stereocenters. The minimum atomic E-state index is -1.55. The zero-order valence-electron chi connectivity index (χ0n) is 13.5. The summed E-state index contributed by atoms with van der Waals surface area (Å²) in [7, 11) is 0. The summed E-state index contributed by atoms with van der Waals surface area (Å²) in [5, 5.41) is 11.1. The molecule has 27 heavy (non-hydrogen) atoms. The monoisotopic (exact) mass is 492 g/mol. The lowest BCUT2D eigenvalue weighted by Crippen LogP contribution is -2.53. The number of carbonyl (C=O) groups excluding carboxylic acids is 1. The van der Waals surface area contributed by atoms with Gasteiger partial charge in [0, 0.05) is 16.5 Å². The normalized spacial score (nSPS) is 15.9. The molecule has 0 bridgehead atoms. The summed E-state index contributed by atoms with van der Waals surface area (Å²) in [6.45, 7) is 0.188. The predicted molar refractivity (Wildman–Crippen MR) is 97.3 cm³/mol. The average Bonchev–Trinajstić information content (AvgIpc) is 2.58. The molecular weight excluding hydrogens is 480 g/mol. The average molecular weight is 492 g/mol. The van der Waals surface area contributed by atoms with Crippen LogP contribution in [-0.2, 0) is 4.74 Å². The van der Waals surface area contributed by atoms with Crippen molar-refractivity contribution in [3.63, 3.8) is 0 Å². The minimum Gasteiger partial charge on any atom is -0.450 e. The van der Waals surface area contributed by atoms with Crippen LogP contribution >= 0.6 is 22.6 Å². The molecule has 142 valence electrons. The predicted octanol–water partition coefficient (Wildman–Crippen LogP) is 4.32. The minimum absolute atomic E-state index is 0.143. The first-order valence-corrected chi connectivity index (χ1v) is 8.76. The molecular formula is C17H12F3IN2O4. The maximum absolute atomic E-state index is 14.4. The van der Waals surface area contributed by atoms with E-state index >= 15 is 0 Å². The summed E-state index contributed by atoms with van der Waals surface area (Å²) in [5.41, 5.74) is -0.956. The molecule has 1 aliphatic heterocycles. The molecule has 0 aromatic heterocycles. The molecule has 1 amide bonds. The number of amides is 1. The van der Waals surface area contributed by atoms with Crippen LogP contribution in [0.1, 0.15) is 16.8 Å². The number of hydrogen-bond donors (Lipinski definition) is 2. The van der Waals surface area contributed by atoms with Crippen LogP contribution in [-0.4, -0.2) is 34.8 Å². The first-order chi connectivity index (χ1) is 12.8. The van der Waals surface area contributed by atoms with Crippen molar-refractivity contribution in [3.8, 4) is 0 Å². The van der Waals surface area contributed by atoms with Gasteiger partial charge < -0.3 is 20.1 Å². The van der Waals surface area contributed by atoms with Crippen molar-refractivity contribution in [2.24, 2.45) is 0 Å². The Hall–Kier alpha value is -2.50. The van der Waals surface area contributed by atoms with E-state index in [2.05, 4.69) is 10.1 Å². The van der Waals surface area contributed by atoms with E-state index in [0.29, 0.717) is 3.57 Å². The fourth-order valence-corrected chi connectivity index (χ4v) is 3.02. The molecule has 10 heteroatoms. The molecule has 2 aromatic rings. The molecule has 0 saturated carbocycles. The van der Waals surface area contributed by atoms with Gasteiger partial charge in [0.1, 0.15) is 5.82 Å². The molecule has 1 aliphatic rings. The highest BCUT2D eigenvalue weighted by Crippen LogP contribution is 2.31. The van der Waals surface area contributed by atoms with Crippen LogP contribution in [0.4, 0.5) is 29.3 Å². The molecule has 3 rings (SSSR count). The number of hydrogen-bond acceptors (Lipinski definition) is 4. The zero-order valence-corrected chi connectivity index (χ0v) is 15.7. The highest BCUT2D eigenvalue weighted by Gasteiger charge is 2.37. The lowest BCUT2D eigenvalue weighted by atomic mass is 10.1. The number of halogens is 4. The molecule has 0 spiro atoms. The first-order valence-electron chi connectivity index (χ1n) is 7.68. The van der Waals surface area contributed by atoms with Crippen LogP contribution in [0.3, 0.4) is 0 Å². The van der Waals surface area contributed by atoms with Gasteiger partial charge in [-0.2, -0.15) is 0 Å². The Balaban J connectivity index is 1.95. The fourth-order valence-electron chi connectivity index (χ4n) is 2.57. The number of benzene rings is 2. The standard InChI is InChI=1S/C17H12F3IN2O4/c18-10-3-2-9(16(24)23-6-5-13(23)27-17(25)26)15(14(10)20)22-12-4-1-8(21)7-11(12)19/h1-4,7,13,22H,5-6H2,(H,25,26). The second-order valence-electron chi connectivity index (χ2n) is 5.66. The van der Waals surface area contributed by atoms with Gasteiger partial charge in [-0.05, 0) is 52.9 Å². The zero-order chi connectivity index (χ0) is 19.7. The number of rotatable bonds is 4. The van der Waals surface area contributed by atoms with Crippen molar-refractivity contribution in [2.75, 3.05) is 11.9 Å². The SMILES string of the molecule is O=C(O)OC1CCN1C(=O)c1ccc(F)c(F)c1Nc1ccc(I)cc1F. The van der Waals surface area contributed by atoms with Crippen LogP contribution in [0.5, 0.6) is 0 Å². The van der Waals surface area contributed by atoms with Crippen LogP contribution in [0.2, 0.25) is 0 Å². The number of carboxylic acid groups (broad SMARTS) is 1. The Morgan fingerprint density at radius 1 is 1.19 bits per heavy atom. The van der Waals surface area contributed by atoms with Crippen molar-refractivity contribution in [2.45, 2.75) is 12.6 Å². The topological polar surface area (TPSA) is 78.9 Å². The van der Waals surface area contributed by atoms with E-state index in [1.54, 1.807) is 6.07 Å². The largest absolute Gasteiger partial charge is 0.507 e. The molecule has 1 fully saturated rings. The molecule has 0 aliphatic carbocycles. The third kappa shape index (κ3) is 3.94. The van der Waals surface area contributed by atoms with E-state index in [-0.39, 0.29) is 24.2 Å². The van der Waals surface area contributed by atoms with E-state index in [1.165, 1.54) is 12.1 Å². The molecule has 1 heterocycles. The Morgan fingerprint density at radius 3 is 2.52 bits per heavy atom. The Morgan fingerprint density at radius 2 is 1.93 bits per heavy atom. The summed E-state index contributed by atoms with van der Waals surface area (Å²) in [4.78, 5) is 24.4. The fraction of sp³-hybridized carbons (Fsp3) is 0.176. The number of nitrogens with zero attached hydrogens (tertiary/aromatic N) is 1. The molecule has 1 unspecified atom stereocenters. The second kappa shape index (κ2) is 7.62. The molecule has 1 saturated heterocycles. The molecule has 2 aromatic carbocycles. The highest BCUT2D eigenvalue weighted by atomic mass is 127. The van der Waals surface area contributed by atoms with Crippen molar-refractivity contribution in [1.29, 1.82) is 0 Å². The van der Waals surface area contributed by atoms with E-state index in [1.807, 2.05) is 22.6 Å². The van der Waals surface area contributed by atoms with Crippen LogP contribution < -0.4 is 5.32 Å². The second-order valence-corrected chi connectivity index (χ2v) is 6.90. The number of carbonyl (C=O) groups is 2. The van der Waals surface area contributed by atoms with Crippen molar-refractivity contribution < 1.29 is 32.6 Å². The highest BCUT2D eigenvalue weighted by molar-refractivity contribution is 14.1. The maximum Gasteiger partial charge on any atom is 0.507 e. The third-order valence-electron chi connectivity index (χ3n) is 3.98. The Bertz CT molecular complexity index is 925. The number of likely N-dealkylation sites (tertiary alicyclic amines) is 1. The number of nitrogens with one attached hydrogen (secondary N) is 1. The molecule has 6 nitrogen and oxygen atoms in total. The van der Waals surface area contributed by atoms with Crippen LogP contribution in [0.25, 0.3) is 0 Å². The smallest absolute Gasteiger partial charge is 0.450 e. The van der Waals surface area contributed by atoms with Crippen LogP contribution in [0.15, 0.2) is 30.3 Å². The van der Waals surface area contributed by atoms with Crippen molar-refractivity contribution in [3.05, 3.63) is 56.9 Å². The Labute approximate surface area is 165 Å². The quantitative estimate of drug-likeness (QED) is 0.491.